The Kier molecular flexibility index (Phi) is 4.86. The molecule has 0 N–H and O–H groups in total. The molecule has 1 aliphatic carbocycles. The van der Waals surface area contributed by atoms with Gasteiger partial charge >= 0.3 is 6.18 Å². The highest BCUT2D eigenvalue weighted by atomic mass is 19.4. The Morgan fingerprint density at radius 1 is 1.25 bits per heavy atom. The Morgan fingerprint density at radius 2 is 2.00 bits per heavy atom. The molecular weight excluding hydrogens is 323 g/mol. The minimum atomic E-state index is -4.47. The largest absolute Gasteiger partial charge is 0.419 e. The molecule has 24 heavy (non-hydrogen) atoms. The third-order valence-electron chi connectivity index (χ3n) is 3.91. The zero-order valence-electron chi connectivity index (χ0n) is 13.2. The van der Waals surface area contributed by atoms with E-state index in [2.05, 4.69) is 15.1 Å². The highest BCUT2D eigenvalue weighted by Gasteiger charge is 2.35. The molecular formula is C16H18F3N3O2. The van der Waals surface area contributed by atoms with Crippen molar-refractivity contribution in [3.05, 3.63) is 35.7 Å². The molecule has 1 aliphatic rings. The summed E-state index contributed by atoms with van der Waals surface area (Å²) in [6.07, 6.45) is -2.27. The Hall–Kier alpha value is -1.93. The van der Waals surface area contributed by atoms with Gasteiger partial charge in [-0.2, -0.15) is 13.2 Å². The van der Waals surface area contributed by atoms with Crippen LogP contribution in [-0.4, -0.2) is 41.4 Å². The summed E-state index contributed by atoms with van der Waals surface area (Å²) in [5.41, 5.74) is -0.878. The van der Waals surface area contributed by atoms with Gasteiger partial charge in [-0.25, -0.2) is 0 Å². The lowest BCUT2D eigenvalue weighted by molar-refractivity contribution is -0.137. The van der Waals surface area contributed by atoms with E-state index >= 15 is 0 Å². The molecule has 3 rings (SSSR count). The summed E-state index contributed by atoms with van der Waals surface area (Å²) < 4.78 is 49.8. The molecule has 130 valence electrons. The van der Waals surface area contributed by atoms with Crippen molar-refractivity contribution in [3.8, 4) is 11.5 Å². The average Bonchev–Trinajstić information content (AvgIpc) is 3.29. The number of methoxy groups -OCH3 is 1. The number of benzene rings is 1. The van der Waals surface area contributed by atoms with Crippen LogP contribution in [0, 0.1) is 0 Å². The first-order valence-corrected chi connectivity index (χ1v) is 7.71. The van der Waals surface area contributed by atoms with E-state index < -0.39 is 11.7 Å². The van der Waals surface area contributed by atoms with Crippen molar-refractivity contribution in [2.75, 3.05) is 20.3 Å². The maximum Gasteiger partial charge on any atom is 0.417 e. The van der Waals surface area contributed by atoms with E-state index in [1.165, 1.54) is 18.2 Å². The van der Waals surface area contributed by atoms with Gasteiger partial charge in [0.15, 0.2) is 0 Å². The van der Waals surface area contributed by atoms with Gasteiger partial charge in [0.2, 0.25) is 11.8 Å². The fourth-order valence-electron chi connectivity index (χ4n) is 2.56. The zero-order chi connectivity index (χ0) is 17.2. The molecule has 5 nitrogen and oxygen atoms in total. The molecule has 0 atom stereocenters. The molecule has 1 aromatic carbocycles. The third kappa shape index (κ3) is 3.93. The van der Waals surface area contributed by atoms with E-state index in [9.17, 15) is 13.2 Å². The second kappa shape index (κ2) is 6.90. The van der Waals surface area contributed by atoms with Crippen LogP contribution in [0.25, 0.3) is 11.5 Å². The zero-order valence-corrected chi connectivity index (χ0v) is 13.2. The van der Waals surface area contributed by atoms with Gasteiger partial charge in [0.25, 0.3) is 0 Å². The van der Waals surface area contributed by atoms with Crippen LogP contribution in [0.2, 0.25) is 0 Å². The first-order chi connectivity index (χ1) is 11.5. The first kappa shape index (κ1) is 16.9. The number of nitrogens with zero attached hydrogens (tertiary/aromatic N) is 3. The number of rotatable bonds is 7. The quantitative estimate of drug-likeness (QED) is 0.773. The Labute approximate surface area is 137 Å². The molecule has 1 heterocycles. The molecule has 0 saturated heterocycles. The van der Waals surface area contributed by atoms with E-state index in [1.54, 1.807) is 7.11 Å². The van der Waals surface area contributed by atoms with E-state index in [-0.39, 0.29) is 11.5 Å². The molecule has 0 aliphatic heterocycles. The second-order valence-electron chi connectivity index (χ2n) is 5.74. The molecule has 1 saturated carbocycles. The first-order valence-electron chi connectivity index (χ1n) is 7.71. The predicted molar refractivity (Wildman–Crippen MR) is 80.0 cm³/mol. The highest BCUT2D eigenvalue weighted by Crippen LogP contribution is 2.36. The summed E-state index contributed by atoms with van der Waals surface area (Å²) in [7, 11) is 1.63. The van der Waals surface area contributed by atoms with Gasteiger partial charge in [-0.15, -0.1) is 10.2 Å². The Balaban J connectivity index is 1.78. The van der Waals surface area contributed by atoms with Crippen LogP contribution in [0.5, 0.6) is 0 Å². The van der Waals surface area contributed by atoms with Crippen LogP contribution in [-0.2, 0) is 17.5 Å². The fourth-order valence-corrected chi connectivity index (χ4v) is 2.56. The van der Waals surface area contributed by atoms with Gasteiger partial charge in [0.05, 0.1) is 24.3 Å². The summed E-state index contributed by atoms with van der Waals surface area (Å²) in [5.74, 6) is 0.199. The SMILES string of the molecule is COCCN(Cc1nnc(-c2ccccc2C(F)(F)F)o1)C1CC1. The minimum absolute atomic E-state index is 0.0985. The molecule has 1 aromatic heterocycles. The standard InChI is InChI=1S/C16H18F3N3O2/c1-23-9-8-22(11-6-7-11)10-14-20-21-15(24-14)12-4-2-3-5-13(12)16(17,18)19/h2-5,11H,6-10H2,1H3. The lowest BCUT2D eigenvalue weighted by Gasteiger charge is -2.19. The number of aromatic nitrogens is 2. The second-order valence-corrected chi connectivity index (χ2v) is 5.74. The Bertz CT molecular complexity index is 683. The van der Waals surface area contributed by atoms with Gasteiger partial charge in [-0.05, 0) is 25.0 Å². The molecule has 0 bridgehead atoms. The highest BCUT2D eigenvalue weighted by molar-refractivity contribution is 5.59. The molecule has 8 heteroatoms. The minimum Gasteiger partial charge on any atom is -0.419 e. The van der Waals surface area contributed by atoms with Crippen LogP contribution in [0.4, 0.5) is 13.2 Å². The van der Waals surface area contributed by atoms with E-state index in [0.717, 1.165) is 25.5 Å². The van der Waals surface area contributed by atoms with Crippen LogP contribution >= 0.6 is 0 Å². The van der Waals surface area contributed by atoms with Crippen LogP contribution in [0.1, 0.15) is 24.3 Å². The van der Waals surface area contributed by atoms with Crippen molar-refractivity contribution in [2.24, 2.45) is 0 Å². The average molecular weight is 341 g/mol. The molecule has 0 amide bonds. The van der Waals surface area contributed by atoms with E-state index in [1.807, 2.05) is 0 Å². The smallest absolute Gasteiger partial charge is 0.417 e. The summed E-state index contributed by atoms with van der Waals surface area (Å²) in [5, 5.41) is 7.71. The predicted octanol–water partition coefficient (Wildman–Crippen LogP) is 3.37. The number of ether oxygens (including phenoxy) is 1. The maximum atomic E-state index is 13.1. The lowest BCUT2D eigenvalue weighted by Crippen LogP contribution is -2.29. The number of alkyl halides is 3. The van der Waals surface area contributed by atoms with Gasteiger partial charge in [-0.3, -0.25) is 4.90 Å². The lowest BCUT2D eigenvalue weighted by atomic mass is 10.1. The van der Waals surface area contributed by atoms with Gasteiger partial charge in [0.1, 0.15) is 0 Å². The number of hydrogen-bond acceptors (Lipinski definition) is 5. The Morgan fingerprint density at radius 3 is 2.67 bits per heavy atom. The summed E-state index contributed by atoms with van der Waals surface area (Å²) in [6, 6.07) is 5.66. The maximum absolute atomic E-state index is 13.1. The third-order valence-corrected chi connectivity index (χ3v) is 3.91. The summed E-state index contributed by atoms with van der Waals surface area (Å²) in [6.45, 7) is 1.71. The van der Waals surface area contributed by atoms with E-state index in [0.29, 0.717) is 25.1 Å². The molecule has 2 aromatic rings. The fraction of sp³-hybridized carbons (Fsp3) is 0.500. The monoisotopic (exact) mass is 341 g/mol. The molecule has 0 radical (unpaired) electrons. The van der Waals surface area contributed by atoms with Crippen LogP contribution < -0.4 is 0 Å². The van der Waals surface area contributed by atoms with Crippen LogP contribution in [0.15, 0.2) is 28.7 Å². The van der Waals surface area contributed by atoms with Crippen molar-refractivity contribution >= 4 is 0 Å². The molecule has 0 unspecified atom stereocenters. The van der Waals surface area contributed by atoms with Gasteiger partial charge in [-0.1, -0.05) is 12.1 Å². The van der Waals surface area contributed by atoms with Crippen molar-refractivity contribution in [1.82, 2.24) is 15.1 Å². The van der Waals surface area contributed by atoms with Gasteiger partial charge in [0, 0.05) is 19.7 Å². The van der Waals surface area contributed by atoms with Crippen molar-refractivity contribution < 1.29 is 22.3 Å². The molecule has 1 fully saturated rings. The summed E-state index contributed by atoms with van der Waals surface area (Å²) in [4.78, 5) is 2.15. The normalized spacial score (nSPS) is 15.2. The van der Waals surface area contributed by atoms with Crippen LogP contribution in [0.3, 0.4) is 0 Å². The van der Waals surface area contributed by atoms with Crippen molar-refractivity contribution in [3.63, 3.8) is 0 Å². The summed E-state index contributed by atoms with van der Waals surface area (Å²) >= 11 is 0. The topological polar surface area (TPSA) is 51.4 Å². The number of halogens is 3. The molecule has 0 spiro atoms. The number of hydrogen-bond donors (Lipinski definition) is 0. The van der Waals surface area contributed by atoms with E-state index in [4.69, 9.17) is 9.15 Å². The van der Waals surface area contributed by atoms with Crippen molar-refractivity contribution in [2.45, 2.75) is 31.6 Å². The van der Waals surface area contributed by atoms with Crippen molar-refractivity contribution in [1.29, 1.82) is 0 Å². The van der Waals surface area contributed by atoms with Gasteiger partial charge < -0.3 is 9.15 Å².